The second-order valence-corrected chi connectivity index (χ2v) is 10.2. The van der Waals surface area contributed by atoms with Crippen LogP contribution < -0.4 is 4.90 Å². The average molecular weight is 572 g/mol. The van der Waals surface area contributed by atoms with E-state index in [1.165, 1.54) is 6.33 Å². The molecule has 182 valence electrons. The maximum atomic E-state index is 12.9. The summed E-state index contributed by atoms with van der Waals surface area (Å²) >= 11 is 10.7. The van der Waals surface area contributed by atoms with Crippen LogP contribution in [-0.4, -0.2) is 67.9 Å². The Morgan fingerprint density at radius 2 is 2.21 bits per heavy atom. The number of Topliss-reactive ketones (excluding diaryl/α,β-unsaturated/α-hetero) is 1. The summed E-state index contributed by atoms with van der Waals surface area (Å²) in [5.41, 5.74) is 1.51. The third kappa shape index (κ3) is 4.64. The summed E-state index contributed by atoms with van der Waals surface area (Å²) in [5.74, 6) is -0.661. The highest BCUT2D eigenvalue weighted by Crippen LogP contribution is 2.36. The highest BCUT2D eigenvalue weighted by molar-refractivity contribution is 9.10. The van der Waals surface area contributed by atoms with Crippen molar-refractivity contribution in [2.24, 2.45) is 5.92 Å². The largest absolute Gasteiger partial charge is 0.477 e. The van der Waals surface area contributed by atoms with Crippen molar-refractivity contribution in [1.82, 2.24) is 24.7 Å². The maximum Gasteiger partial charge on any atom is 0.348 e. The Hall–Kier alpha value is -2.28. The lowest BCUT2D eigenvalue weighted by Crippen LogP contribution is -2.45. The first-order valence-electron chi connectivity index (χ1n) is 10.7. The number of carboxylic acids is 1. The number of aromatic nitrogens is 5. The number of carbonyl (C=O) groups is 2. The quantitative estimate of drug-likeness (QED) is 0.384. The minimum atomic E-state index is -1.06. The third-order valence-electron chi connectivity index (χ3n) is 5.99. The van der Waals surface area contributed by atoms with Gasteiger partial charge in [0.2, 0.25) is 0 Å². The Labute approximate surface area is 213 Å². The molecule has 1 fully saturated rings. The summed E-state index contributed by atoms with van der Waals surface area (Å²) in [6, 6.07) is 0. The van der Waals surface area contributed by atoms with Gasteiger partial charge >= 0.3 is 5.97 Å². The number of thiazole rings is 1. The highest BCUT2D eigenvalue weighted by Gasteiger charge is 2.34. The van der Waals surface area contributed by atoms with Crippen LogP contribution in [0.1, 0.15) is 45.6 Å². The Balaban J connectivity index is 1.53. The molecule has 2 atom stereocenters. The third-order valence-corrected chi connectivity index (χ3v) is 8.58. The van der Waals surface area contributed by atoms with Crippen molar-refractivity contribution in [3.05, 3.63) is 32.1 Å². The van der Waals surface area contributed by atoms with E-state index in [1.807, 2.05) is 18.7 Å². The fraction of sp³-hybridized carbons (Fsp3) is 0.476. The van der Waals surface area contributed by atoms with Crippen molar-refractivity contribution >= 4 is 55.8 Å². The first-order valence-corrected chi connectivity index (χ1v) is 12.7. The Morgan fingerprint density at radius 3 is 2.82 bits per heavy atom. The molecule has 0 amide bonds. The van der Waals surface area contributed by atoms with Gasteiger partial charge in [0.1, 0.15) is 16.9 Å². The molecule has 0 unspecified atom stereocenters. The number of halogens is 2. The van der Waals surface area contributed by atoms with Crippen LogP contribution in [0, 0.1) is 12.8 Å². The van der Waals surface area contributed by atoms with Crippen LogP contribution >= 0.6 is 38.9 Å². The standard InChI is InChI=1S/C21H24BrClN6O4S/c1-4-29-19(24-9-25-29)17-18(20(31)32)34-21(27-17)28-6-5-11(13(8-28)33-3)7-12(30)16-14(22)15(23)10(2)26-16/h9,11,13,26H,4-8H2,1-3H3,(H,31,32)/t11-,13-/m0/s1. The maximum absolute atomic E-state index is 12.9. The van der Waals surface area contributed by atoms with Crippen LogP contribution in [0.4, 0.5) is 5.13 Å². The zero-order valence-corrected chi connectivity index (χ0v) is 22.0. The van der Waals surface area contributed by atoms with Gasteiger partial charge in [-0.1, -0.05) is 22.9 Å². The smallest absolute Gasteiger partial charge is 0.348 e. The number of anilines is 1. The number of hydrogen-bond acceptors (Lipinski definition) is 8. The molecule has 0 radical (unpaired) electrons. The van der Waals surface area contributed by atoms with Gasteiger partial charge in [0, 0.05) is 38.9 Å². The van der Waals surface area contributed by atoms with E-state index in [0.717, 1.165) is 17.0 Å². The van der Waals surface area contributed by atoms with Crippen molar-refractivity contribution in [3.8, 4) is 11.5 Å². The van der Waals surface area contributed by atoms with Gasteiger partial charge in [-0.25, -0.2) is 19.4 Å². The fourth-order valence-electron chi connectivity index (χ4n) is 4.16. The van der Waals surface area contributed by atoms with Gasteiger partial charge in [0.15, 0.2) is 16.7 Å². The van der Waals surface area contributed by atoms with E-state index < -0.39 is 5.97 Å². The number of ether oxygens (including phenoxy) is 1. The zero-order valence-electron chi connectivity index (χ0n) is 18.8. The van der Waals surface area contributed by atoms with Crippen molar-refractivity contribution in [3.63, 3.8) is 0 Å². The van der Waals surface area contributed by atoms with Crippen molar-refractivity contribution < 1.29 is 19.4 Å². The molecular weight excluding hydrogens is 548 g/mol. The second kappa shape index (κ2) is 10.1. The summed E-state index contributed by atoms with van der Waals surface area (Å²) in [4.78, 5) is 38.9. The first-order chi connectivity index (χ1) is 16.2. The number of nitrogens with one attached hydrogen (secondary N) is 1. The number of carboxylic acid groups (broad SMARTS) is 1. The Kier molecular flexibility index (Phi) is 7.41. The van der Waals surface area contributed by atoms with Gasteiger partial charge in [0.05, 0.1) is 21.3 Å². The first kappa shape index (κ1) is 24.8. The summed E-state index contributed by atoms with van der Waals surface area (Å²) in [6.07, 6.45) is 2.18. The molecule has 0 saturated carbocycles. The average Bonchev–Trinajstić information content (AvgIpc) is 3.53. The molecule has 0 spiro atoms. The molecule has 1 saturated heterocycles. The minimum absolute atomic E-state index is 0.00426. The number of nitrogens with zero attached hydrogens (tertiary/aromatic N) is 5. The van der Waals surface area contributed by atoms with Gasteiger partial charge in [-0.15, -0.1) is 0 Å². The number of aryl methyl sites for hydroxylation is 2. The monoisotopic (exact) mass is 570 g/mol. The van der Waals surface area contributed by atoms with E-state index in [2.05, 4.69) is 36.0 Å². The number of aromatic carboxylic acids is 1. The predicted octanol–water partition coefficient (Wildman–Crippen LogP) is 4.29. The highest BCUT2D eigenvalue weighted by atomic mass is 79.9. The number of aromatic amines is 1. The number of piperidine rings is 1. The van der Waals surface area contributed by atoms with Crippen LogP contribution in [-0.2, 0) is 11.3 Å². The molecule has 3 aromatic rings. The van der Waals surface area contributed by atoms with Gasteiger partial charge in [0.25, 0.3) is 0 Å². The number of ketones is 1. The summed E-state index contributed by atoms with van der Waals surface area (Å²) in [6.45, 7) is 5.38. The molecule has 10 nitrogen and oxygen atoms in total. The molecule has 1 aliphatic heterocycles. The fourth-order valence-corrected chi connectivity index (χ4v) is 5.86. The van der Waals surface area contributed by atoms with Crippen LogP contribution in [0.25, 0.3) is 11.5 Å². The topological polar surface area (TPSA) is 126 Å². The van der Waals surface area contributed by atoms with Gasteiger partial charge in [-0.3, -0.25) is 4.79 Å². The molecule has 0 bridgehead atoms. The molecule has 0 aliphatic carbocycles. The second-order valence-electron chi connectivity index (χ2n) is 8.03. The normalized spacial score (nSPS) is 18.4. The minimum Gasteiger partial charge on any atom is -0.477 e. The number of hydrogen-bond donors (Lipinski definition) is 2. The van der Waals surface area contributed by atoms with Crippen molar-refractivity contribution in [1.29, 1.82) is 0 Å². The van der Waals surface area contributed by atoms with Gasteiger partial charge < -0.3 is 19.7 Å². The molecular formula is C21H24BrClN6O4S. The number of methoxy groups -OCH3 is 1. The van der Waals surface area contributed by atoms with Crippen LogP contribution in [0.15, 0.2) is 10.8 Å². The number of rotatable bonds is 8. The van der Waals surface area contributed by atoms with E-state index in [0.29, 0.717) is 64.3 Å². The summed E-state index contributed by atoms with van der Waals surface area (Å²) < 4.78 is 7.94. The van der Waals surface area contributed by atoms with Crippen LogP contribution in [0.5, 0.6) is 0 Å². The SMILES string of the molecule is CCn1ncnc1-c1nc(N2CC[C@@H](CC(=O)c3[nH]c(C)c(Cl)c3Br)[C@@H](OC)C2)sc1C(=O)O. The van der Waals surface area contributed by atoms with E-state index in [9.17, 15) is 14.7 Å². The molecule has 13 heteroatoms. The lowest BCUT2D eigenvalue weighted by atomic mass is 9.88. The zero-order chi connectivity index (χ0) is 24.6. The van der Waals surface area contributed by atoms with E-state index >= 15 is 0 Å². The number of H-pyrrole nitrogens is 1. The molecule has 2 N–H and O–H groups in total. The molecule has 34 heavy (non-hydrogen) atoms. The Morgan fingerprint density at radius 1 is 1.44 bits per heavy atom. The molecule has 4 rings (SSSR count). The molecule has 3 aromatic heterocycles. The van der Waals surface area contributed by atoms with E-state index in [-0.39, 0.29) is 22.7 Å². The molecule has 1 aliphatic rings. The van der Waals surface area contributed by atoms with Crippen LogP contribution in [0.2, 0.25) is 5.02 Å². The molecule has 0 aromatic carbocycles. The lowest BCUT2D eigenvalue weighted by Gasteiger charge is -2.37. The van der Waals surface area contributed by atoms with E-state index in [1.54, 1.807) is 11.8 Å². The van der Waals surface area contributed by atoms with Crippen molar-refractivity contribution in [2.75, 3.05) is 25.1 Å². The van der Waals surface area contributed by atoms with E-state index in [4.69, 9.17) is 16.3 Å². The summed E-state index contributed by atoms with van der Waals surface area (Å²) in [5, 5.41) is 15.0. The lowest BCUT2D eigenvalue weighted by molar-refractivity contribution is 0.0374. The predicted molar refractivity (Wildman–Crippen MR) is 132 cm³/mol. The number of carbonyl (C=O) groups excluding carboxylic acids is 1. The van der Waals surface area contributed by atoms with Crippen molar-refractivity contribution in [2.45, 2.75) is 39.3 Å². The summed E-state index contributed by atoms with van der Waals surface area (Å²) in [7, 11) is 1.62. The molecule has 4 heterocycles. The van der Waals surface area contributed by atoms with Gasteiger partial charge in [-0.05, 0) is 42.1 Å². The van der Waals surface area contributed by atoms with Gasteiger partial charge in [-0.2, -0.15) is 5.10 Å². The Bertz CT molecular complexity index is 1220. The van der Waals surface area contributed by atoms with Crippen LogP contribution in [0.3, 0.4) is 0 Å².